The molecule has 0 unspecified atom stereocenters. The van der Waals surface area contributed by atoms with E-state index in [0.717, 1.165) is 12.0 Å². The Bertz CT molecular complexity index is 314. The highest BCUT2D eigenvalue weighted by atomic mass is 16.5. The lowest BCUT2D eigenvalue weighted by Gasteiger charge is -2.13. The van der Waals surface area contributed by atoms with Crippen LogP contribution in [-0.2, 0) is 9.53 Å². The zero-order chi connectivity index (χ0) is 11.3. The Hall–Kier alpha value is -1.31. The average Bonchev–Trinajstić information content (AvgIpc) is 2.22. The van der Waals surface area contributed by atoms with E-state index in [1.807, 2.05) is 45.0 Å². The largest absolute Gasteiger partial charge is 0.466 e. The first kappa shape index (κ1) is 11.8. The molecular weight excluding hydrogens is 188 g/mol. The SMILES string of the molecule is CCOC(=O)[C@H](CC)c1ccc(C)cc1. The van der Waals surface area contributed by atoms with Crippen molar-refractivity contribution in [1.29, 1.82) is 0 Å². The first-order valence-corrected chi connectivity index (χ1v) is 5.42. The van der Waals surface area contributed by atoms with Gasteiger partial charge in [-0.25, -0.2) is 0 Å². The number of esters is 1. The second-order valence-corrected chi connectivity index (χ2v) is 3.62. The topological polar surface area (TPSA) is 26.3 Å². The van der Waals surface area contributed by atoms with Crippen molar-refractivity contribution in [2.24, 2.45) is 0 Å². The third-order valence-corrected chi connectivity index (χ3v) is 2.46. The van der Waals surface area contributed by atoms with Crippen LogP contribution in [0.4, 0.5) is 0 Å². The third kappa shape index (κ3) is 3.08. The molecule has 0 aliphatic carbocycles. The molecule has 0 aliphatic heterocycles. The standard InChI is InChI=1S/C13H18O2/c1-4-12(13(14)15-5-2)11-8-6-10(3)7-9-11/h6-9,12H,4-5H2,1-3H3/t12-/m1/s1. The van der Waals surface area contributed by atoms with E-state index in [1.165, 1.54) is 5.56 Å². The summed E-state index contributed by atoms with van der Waals surface area (Å²) in [6.45, 7) is 6.32. The quantitative estimate of drug-likeness (QED) is 0.708. The van der Waals surface area contributed by atoms with Gasteiger partial charge in [0.1, 0.15) is 0 Å². The second-order valence-electron chi connectivity index (χ2n) is 3.62. The normalized spacial score (nSPS) is 12.2. The van der Waals surface area contributed by atoms with Crippen molar-refractivity contribution < 1.29 is 9.53 Å². The number of ether oxygens (including phenoxy) is 1. The van der Waals surface area contributed by atoms with E-state index in [0.29, 0.717) is 6.61 Å². The maximum atomic E-state index is 11.6. The minimum atomic E-state index is -0.121. The van der Waals surface area contributed by atoms with Crippen LogP contribution in [0.3, 0.4) is 0 Å². The van der Waals surface area contributed by atoms with Crippen molar-refractivity contribution in [3.05, 3.63) is 35.4 Å². The fraction of sp³-hybridized carbons (Fsp3) is 0.462. The van der Waals surface area contributed by atoms with Crippen molar-refractivity contribution in [2.45, 2.75) is 33.1 Å². The molecule has 0 radical (unpaired) electrons. The Morgan fingerprint density at radius 3 is 2.33 bits per heavy atom. The van der Waals surface area contributed by atoms with Crippen LogP contribution in [-0.4, -0.2) is 12.6 Å². The van der Waals surface area contributed by atoms with Crippen molar-refractivity contribution in [3.63, 3.8) is 0 Å². The van der Waals surface area contributed by atoms with E-state index >= 15 is 0 Å². The molecule has 0 heterocycles. The van der Waals surface area contributed by atoms with Gasteiger partial charge in [-0.05, 0) is 25.8 Å². The van der Waals surface area contributed by atoms with E-state index in [-0.39, 0.29) is 11.9 Å². The smallest absolute Gasteiger partial charge is 0.313 e. The highest BCUT2D eigenvalue weighted by molar-refractivity contribution is 5.78. The Kier molecular flexibility index (Phi) is 4.35. The van der Waals surface area contributed by atoms with E-state index in [2.05, 4.69) is 0 Å². The molecule has 0 aromatic heterocycles. The molecule has 1 aromatic rings. The van der Waals surface area contributed by atoms with Crippen LogP contribution in [0, 0.1) is 6.92 Å². The van der Waals surface area contributed by atoms with E-state index < -0.39 is 0 Å². The van der Waals surface area contributed by atoms with Gasteiger partial charge in [0.15, 0.2) is 0 Å². The average molecular weight is 206 g/mol. The highest BCUT2D eigenvalue weighted by Crippen LogP contribution is 2.21. The molecule has 0 saturated carbocycles. The van der Waals surface area contributed by atoms with E-state index in [4.69, 9.17) is 4.74 Å². The third-order valence-electron chi connectivity index (χ3n) is 2.46. The lowest BCUT2D eigenvalue weighted by molar-refractivity contribution is -0.145. The molecule has 0 fully saturated rings. The van der Waals surface area contributed by atoms with Gasteiger partial charge in [-0.2, -0.15) is 0 Å². The van der Waals surface area contributed by atoms with Crippen molar-refractivity contribution in [3.8, 4) is 0 Å². The van der Waals surface area contributed by atoms with Gasteiger partial charge in [0.2, 0.25) is 0 Å². The van der Waals surface area contributed by atoms with Gasteiger partial charge in [-0.3, -0.25) is 4.79 Å². The zero-order valence-electron chi connectivity index (χ0n) is 9.62. The Balaban J connectivity index is 2.82. The lowest BCUT2D eigenvalue weighted by Crippen LogP contribution is -2.15. The summed E-state index contributed by atoms with van der Waals surface area (Å²) in [5, 5.41) is 0. The summed E-state index contributed by atoms with van der Waals surface area (Å²) in [4.78, 5) is 11.6. The molecule has 0 amide bonds. The molecule has 2 heteroatoms. The van der Waals surface area contributed by atoms with Crippen LogP contribution in [0.2, 0.25) is 0 Å². The predicted molar refractivity (Wildman–Crippen MR) is 60.8 cm³/mol. The van der Waals surface area contributed by atoms with Gasteiger partial charge in [-0.1, -0.05) is 36.8 Å². The minimum absolute atomic E-state index is 0.120. The fourth-order valence-corrected chi connectivity index (χ4v) is 1.58. The van der Waals surface area contributed by atoms with Gasteiger partial charge in [0, 0.05) is 0 Å². The molecule has 0 aliphatic rings. The van der Waals surface area contributed by atoms with Gasteiger partial charge < -0.3 is 4.74 Å². The molecule has 0 N–H and O–H groups in total. The first-order chi connectivity index (χ1) is 7.19. The van der Waals surface area contributed by atoms with Crippen LogP contribution in [0.25, 0.3) is 0 Å². The van der Waals surface area contributed by atoms with E-state index in [1.54, 1.807) is 0 Å². The summed E-state index contributed by atoms with van der Waals surface area (Å²) in [7, 11) is 0. The monoisotopic (exact) mass is 206 g/mol. The summed E-state index contributed by atoms with van der Waals surface area (Å²) in [5.41, 5.74) is 2.25. The Labute approximate surface area is 91.3 Å². The molecule has 1 atom stereocenters. The fourth-order valence-electron chi connectivity index (χ4n) is 1.58. The van der Waals surface area contributed by atoms with Crippen LogP contribution < -0.4 is 0 Å². The molecule has 82 valence electrons. The Morgan fingerprint density at radius 1 is 1.27 bits per heavy atom. The van der Waals surface area contributed by atoms with Gasteiger partial charge in [0.05, 0.1) is 12.5 Å². The van der Waals surface area contributed by atoms with Gasteiger partial charge in [-0.15, -0.1) is 0 Å². The number of rotatable bonds is 4. The molecule has 15 heavy (non-hydrogen) atoms. The van der Waals surface area contributed by atoms with Crippen LogP contribution in [0.15, 0.2) is 24.3 Å². The van der Waals surface area contributed by atoms with Crippen LogP contribution in [0.5, 0.6) is 0 Å². The maximum absolute atomic E-state index is 11.6. The number of hydrogen-bond donors (Lipinski definition) is 0. The molecule has 1 rings (SSSR count). The second kappa shape index (κ2) is 5.54. The van der Waals surface area contributed by atoms with Crippen molar-refractivity contribution in [1.82, 2.24) is 0 Å². The molecule has 0 spiro atoms. The summed E-state index contributed by atoms with van der Waals surface area (Å²) >= 11 is 0. The van der Waals surface area contributed by atoms with E-state index in [9.17, 15) is 4.79 Å². The summed E-state index contributed by atoms with van der Waals surface area (Å²) in [6, 6.07) is 8.05. The van der Waals surface area contributed by atoms with Crippen molar-refractivity contribution in [2.75, 3.05) is 6.61 Å². The molecule has 1 aromatic carbocycles. The minimum Gasteiger partial charge on any atom is -0.466 e. The molecular formula is C13H18O2. The number of benzene rings is 1. The van der Waals surface area contributed by atoms with Crippen LogP contribution >= 0.6 is 0 Å². The Morgan fingerprint density at radius 2 is 1.87 bits per heavy atom. The van der Waals surface area contributed by atoms with Crippen molar-refractivity contribution >= 4 is 5.97 Å². The maximum Gasteiger partial charge on any atom is 0.313 e. The van der Waals surface area contributed by atoms with Gasteiger partial charge in [0.25, 0.3) is 0 Å². The summed E-state index contributed by atoms with van der Waals surface area (Å²) < 4.78 is 5.04. The molecule has 0 bridgehead atoms. The lowest BCUT2D eigenvalue weighted by atomic mass is 9.96. The summed E-state index contributed by atoms with van der Waals surface area (Å²) in [6.07, 6.45) is 0.780. The zero-order valence-corrected chi connectivity index (χ0v) is 9.62. The molecule has 0 saturated heterocycles. The first-order valence-electron chi connectivity index (χ1n) is 5.42. The van der Waals surface area contributed by atoms with Gasteiger partial charge >= 0.3 is 5.97 Å². The molecule has 2 nitrogen and oxygen atoms in total. The predicted octanol–water partition coefficient (Wildman–Crippen LogP) is 3.05. The number of aryl methyl sites for hydroxylation is 1. The van der Waals surface area contributed by atoms with Crippen LogP contribution in [0.1, 0.15) is 37.3 Å². The number of carbonyl (C=O) groups excluding carboxylic acids is 1. The number of carbonyl (C=O) groups is 1. The highest BCUT2D eigenvalue weighted by Gasteiger charge is 2.19. The number of hydrogen-bond acceptors (Lipinski definition) is 2. The summed E-state index contributed by atoms with van der Waals surface area (Å²) in [5.74, 6) is -0.241.